The number of fused-ring (bicyclic) bond motifs is 1. The van der Waals surface area contributed by atoms with Crippen molar-refractivity contribution in [3.63, 3.8) is 0 Å². The Morgan fingerprint density at radius 3 is 2.26 bits per heavy atom. The molecule has 3 aliphatic rings. The van der Waals surface area contributed by atoms with Crippen LogP contribution in [0.15, 0.2) is 11.2 Å². The van der Waals surface area contributed by atoms with Crippen molar-refractivity contribution in [3.8, 4) is 0 Å². The fourth-order valence-corrected chi connectivity index (χ4v) is 6.19. The summed E-state index contributed by atoms with van der Waals surface area (Å²) in [5, 5.41) is 4.95. The van der Waals surface area contributed by atoms with Crippen molar-refractivity contribution in [2.75, 3.05) is 19.3 Å². The fourth-order valence-electron chi connectivity index (χ4n) is 5.78. The molecule has 10 nitrogen and oxygen atoms in total. The fraction of sp³-hybridized carbons (Fsp3) is 0.760. The highest BCUT2D eigenvalue weighted by atomic mass is 32.2. The lowest BCUT2D eigenvalue weighted by atomic mass is 9.85. The molecule has 3 N–H and O–H groups in total. The molecule has 2 heterocycles. The monoisotopic (exact) mass is 632 g/mol. The van der Waals surface area contributed by atoms with Crippen molar-refractivity contribution in [3.05, 3.63) is 11.2 Å². The molecule has 0 bridgehead atoms. The van der Waals surface area contributed by atoms with Crippen LogP contribution in [0.5, 0.6) is 0 Å². The molecule has 0 aromatic heterocycles. The van der Waals surface area contributed by atoms with Crippen molar-refractivity contribution < 1.29 is 53.9 Å². The molecule has 2 aliphatic heterocycles. The van der Waals surface area contributed by atoms with Gasteiger partial charge in [0.1, 0.15) is 12.1 Å². The number of nitrogens with one attached hydrogen (secondary N) is 3. The number of alkyl halides is 5. The zero-order valence-corrected chi connectivity index (χ0v) is 24.2. The van der Waals surface area contributed by atoms with Gasteiger partial charge >= 0.3 is 12.1 Å². The van der Waals surface area contributed by atoms with Crippen LogP contribution in [0.1, 0.15) is 46.5 Å². The smallest absolute Gasteiger partial charge is 0.356 e. The molecule has 0 spiro atoms. The van der Waals surface area contributed by atoms with Gasteiger partial charge in [-0.15, -0.1) is 0 Å². The summed E-state index contributed by atoms with van der Waals surface area (Å²) in [6.07, 6.45) is -5.67. The van der Waals surface area contributed by atoms with E-state index in [0.29, 0.717) is 12.3 Å². The average Bonchev–Trinajstić information content (AvgIpc) is 3.45. The minimum Gasteiger partial charge on any atom is -0.356 e. The van der Waals surface area contributed by atoms with Crippen LogP contribution < -0.4 is 16.0 Å². The summed E-state index contributed by atoms with van der Waals surface area (Å²) in [6.45, 7) is 3.97. The second-order valence-electron chi connectivity index (χ2n) is 12.3. The Labute approximate surface area is 238 Å². The topological polar surface area (TPSA) is 142 Å². The predicted molar refractivity (Wildman–Crippen MR) is 136 cm³/mol. The maximum Gasteiger partial charge on any atom is 0.471 e. The first-order valence-corrected chi connectivity index (χ1v) is 15.1. The van der Waals surface area contributed by atoms with E-state index in [2.05, 4.69) is 10.6 Å². The summed E-state index contributed by atoms with van der Waals surface area (Å²) >= 11 is 0. The molecular weight excluding hydrogens is 598 g/mol. The number of sulfone groups is 1. The molecule has 6 atom stereocenters. The second kappa shape index (κ2) is 11.7. The molecule has 0 radical (unpaired) electrons. The van der Waals surface area contributed by atoms with Gasteiger partial charge in [-0.05, 0) is 36.2 Å². The van der Waals surface area contributed by atoms with Crippen LogP contribution in [0.3, 0.4) is 0 Å². The number of rotatable bonds is 8. The largest absolute Gasteiger partial charge is 0.471 e. The Balaban J connectivity index is 1.97. The quantitative estimate of drug-likeness (QED) is 0.349. The number of likely N-dealkylation sites (tertiary alicyclic amines) is 1. The Bertz CT molecular complexity index is 1250. The number of carbonyl (C=O) groups excluding carboxylic acids is 4. The van der Waals surface area contributed by atoms with Gasteiger partial charge in [-0.2, -0.15) is 17.6 Å². The van der Waals surface area contributed by atoms with Crippen molar-refractivity contribution in [2.24, 2.45) is 23.2 Å². The molecule has 17 heteroatoms. The van der Waals surface area contributed by atoms with Gasteiger partial charge in [-0.25, -0.2) is 17.2 Å². The third-order valence-electron chi connectivity index (χ3n) is 7.79. The number of nitrogens with zero attached hydrogens (tertiary/aromatic N) is 1. The standard InChI is InChI=1S/C25H34F6N4O6S/c1-23(2,3)18(34-22(39)25(29,30)31)21(38)35-11-13-9-24(27,28)10-15(13)17(35)20(37)33-14(8-16(26)42(4,40)41)7-12-5-6-32-19(12)36/h8,12-15,17-18H,5-7,9-11H2,1-4H3,(H,32,36)(H,33,37)(H,34,39)/b16-8-/t12-,13-,14-,15-,17+,18+/m1/s1. The Kier molecular flexibility index (Phi) is 9.36. The third kappa shape index (κ3) is 7.75. The van der Waals surface area contributed by atoms with Crippen LogP contribution in [0.2, 0.25) is 0 Å². The molecular formula is C25H34F6N4O6S. The zero-order valence-electron chi connectivity index (χ0n) is 23.4. The molecule has 3 fully saturated rings. The van der Waals surface area contributed by atoms with Crippen LogP contribution in [0.25, 0.3) is 0 Å². The molecule has 4 amide bonds. The van der Waals surface area contributed by atoms with E-state index in [1.54, 1.807) is 5.32 Å². The minimum absolute atomic E-state index is 0.252. The molecule has 1 saturated carbocycles. The molecule has 1 aliphatic carbocycles. The summed E-state index contributed by atoms with van der Waals surface area (Å²) in [7, 11) is -4.36. The third-order valence-corrected chi connectivity index (χ3v) is 8.63. The second-order valence-corrected chi connectivity index (χ2v) is 14.2. The van der Waals surface area contributed by atoms with Gasteiger partial charge in [0.05, 0.1) is 6.04 Å². The number of hydrogen-bond donors (Lipinski definition) is 3. The molecule has 0 aromatic rings. The van der Waals surface area contributed by atoms with Crippen LogP contribution in [-0.4, -0.2) is 86.5 Å². The van der Waals surface area contributed by atoms with E-state index < -0.39 is 111 Å². The van der Waals surface area contributed by atoms with Crippen molar-refractivity contribution in [1.29, 1.82) is 0 Å². The Morgan fingerprint density at radius 1 is 1.14 bits per heavy atom. The Hall–Kier alpha value is -2.85. The van der Waals surface area contributed by atoms with Gasteiger partial charge in [-0.3, -0.25) is 19.2 Å². The summed E-state index contributed by atoms with van der Waals surface area (Å²) in [5.74, 6) is -11.0. The van der Waals surface area contributed by atoms with E-state index in [1.807, 2.05) is 0 Å². The molecule has 238 valence electrons. The molecule has 0 unspecified atom stereocenters. The van der Waals surface area contributed by atoms with Crippen molar-refractivity contribution in [2.45, 2.75) is 76.7 Å². The van der Waals surface area contributed by atoms with Crippen molar-refractivity contribution >= 4 is 33.5 Å². The lowest BCUT2D eigenvalue weighted by Gasteiger charge is -2.37. The van der Waals surface area contributed by atoms with Crippen LogP contribution in [-0.2, 0) is 29.0 Å². The molecule has 2 saturated heterocycles. The SMILES string of the molecule is CC(C)(C)[C@@H](NC(=O)C(F)(F)F)C(=O)N1C[C@H]2CC(F)(F)C[C@H]2[C@H]1C(=O)N[C@@H](/C=C(/F)S(C)(=O)=O)C[C@H]1CCNC1=O. The molecule has 0 aromatic carbocycles. The van der Waals surface area contributed by atoms with Crippen LogP contribution in [0, 0.1) is 23.2 Å². The number of carbonyl (C=O) groups is 4. The number of hydrogen-bond acceptors (Lipinski definition) is 6. The number of halogens is 6. The molecule has 42 heavy (non-hydrogen) atoms. The maximum atomic E-state index is 14.5. The predicted octanol–water partition coefficient (Wildman–Crippen LogP) is 1.82. The summed E-state index contributed by atoms with van der Waals surface area (Å²) in [5.41, 5.74) is -1.31. The number of amides is 4. The van der Waals surface area contributed by atoms with E-state index in [9.17, 15) is 53.9 Å². The van der Waals surface area contributed by atoms with E-state index in [-0.39, 0.29) is 19.4 Å². The minimum atomic E-state index is -5.33. The van der Waals surface area contributed by atoms with Gasteiger partial charge in [0.2, 0.25) is 38.6 Å². The van der Waals surface area contributed by atoms with Gasteiger partial charge < -0.3 is 20.9 Å². The highest BCUT2D eigenvalue weighted by Crippen LogP contribution is 2.50. The van der Waals surface area contributed by atoms with E-state index in [4.69, 9.17) is 0 Å². The van der Waals surface area contributed by atoms with Gasteiger partial charge in [0, 0.05) is 38.1 Å². The zero-order chi connectivity index (χ0) is 32.0. The van der Waals surface area contributed by atoms with Crippen molar-refractivity contribution in [1.82, 2.24) is 20.9 Å². The maximum absolute atomic E-state index is 14.5. The first-order chi connectivity index (χ1) is 19.0. The van der Waals surface area contributed by atoms with Crippen LogP contribution in [0.4, 0.5) is 26.3 Å². The van der Waals surface area contributed by atoms with E-state index >= 15 is 0 Å². The van der Waals surface area contributed by atoms with E-state index in [1.165, 1.54) is 20.8 Å². The first-order valence-electron chi connectivity index (χ1n) is 13.2. The summed E-state index contributed by atoms with van der Waals surface area (Å²) < 4.78 is 106. The highest BCUT2D eigenvalue weighted by Gasteiger charge is 2.59. The Morgan fingerprint density at radius 2 is 1.76 bits per heavy atom. The highest BCUT2D eigenvalue weighted by molar-refractivity contribution is 7.94. The molecule has 3 rings (SSSR count). The lowest BCUT2D eigenvalue weighted by Crippen LogP contribution is -2.60. The van der Waals surface area contributed by atoms with Gasteiger partial charge in [0.25, 0.3) is 0 Å². The lowest BCUT2D eigenvalue weighted by molar-refractivity contribution is -0.176. The van der Waals surface area contributed by atoms with E-state index in [0.717, 1.165) is 4.90 Å². The normalized spacial score (nSPS) is 27.7. The van der Waals surface area contributed by atoms with Crippen LogP contribution >= 0.6 is 0 Å². The summed E-state index contributed by atoms with van der Waals surface area (Å²) in [6, 6.07) is -4.87. The van der Waals surface area contributed by atoms with Gasteiger partial charge in [-0.1, -0.05) is 20.8 Å². The van der Waals surface area contributed by atoms with Gasteiger partial charge in [0.15, 0.2) is 0 Å². The first kappa shape index (κ1) is 33.6. The summed E-state index contributed by atoms with van der Waals surface area (Å²) in [4.78, 5) is 52.0. The average molecular weight is 633 g/mol.